The lowest BCUT2D eigenvalue weighted by Crippen LogP contribution is -2.37. The van der Waals surface area contributed by atoms with E-state index in [-0.39, 0.29) is 5.91 Å². The standard InChI is InChI=1S/C12H25N3O2/c1-12(16)13-4-7-14-5-3-6-15(9-8-14)10-11-17-2/h3-11H2,1-2H3,(H,13,16). The van der Waals surface area contributed by atoms with Crippen LogP contribution < -0.4 is 5.32 Å². The molecule has 0 aromatic carbocycles. The van der Waals surface area contributed by atoms with Crippen LogP contribution in [0.3, 0.4) is 0 Å². The minimum absolute atomic E-state index is 0.0570. The summed E-state index contributed by atoms with van der Waals surface area (Å²) in [7, 11) is 1.75. The number of hydrogen-bond donors (Lipinski definition) is 1. The van der Waals surface area contributed by atoms with Crippen molar-refractivity contribution in [1.82, 2.24) is 15.1 Å². The van der Waals surface area contributed by atoms with E-state index in [9.17, 15) is 4.79 Å². The van der Waals surface area contributed by atoms with Crippen LogP contribution in [0.25, 0.3) is 0 Å². The van der Waals surface area contributed by atoms with Gasteiger partial charge in [0.05, 0.1) is 6.61 Å². The van der Waals surface area contributed by atoms with Crippen LogP contribution in [0.15, 0.2) is 0 Å². The Labute approximate surface area is 104 Å². The molecule has 1 fully saturated rings. The maximum Gasteiger partial charge on any atom is 0.216 e. The number of ether oxygens (including phenoxy) is 1. The van der Waals surface area contributed by atoms with Crippen molar-refractivity contribution in [3.63, 3.8) is 0 Å². The van der Waals surface area contributed by atoms with E-state index in [0.717, 1.165) is 52.4 Å². The van der Waals surface area contributed by atoms with Crippen LogP contribution >= 0.6 is 0 Å². The third-order valence-corrected chi connectivity index (χ3v) is 3.09. The largest absolute Gasteiger partial charge is 0.383 e. The van der Waals surface area contributed by atoms with Gasteiger partial charge in [-0.3, -0.25) is 9.69 Å². The summed E-state index contributed by atoms with van der Waals surface area (Å²) in [5.41, 5.74) is 0. The van der Waals surface area contributed by atoms with Gasteiger partial charge in [0, 0.05) is 46.8 Å². The molecular weight excluding hydrogens is 218 g/mol. The van der Waals surface area contributed by atoms with Gasteiger partial charge < -0.3 is 15.0 Å². The quantitative estimate of drug-likeness (QED) is 0.700. The van der Waals surface area contributed by atoms with Crippen molar-refractivity contribution in [3.05, 3.63) is 0 Å². The molecule has 0 saturated carbocycles. The zero-order valence-electron chi connectivity index (χ0n) is 11.1. The lowest BCUT2D eigenvalue weighted by atomic mass is 10.4. The zero-order valence-corrected chi connectivity index (χ0v) is 11.1. The monoisotopic (exact) mass is 243 g/mol. The summed E-state index contributed by atoms with van der Waals surface area (Å²) in [5.74, 6) is 0.0570. The fraction of sp³-hybridized carbons (Fsp3) is 0.917. The average molecular weight is 243 g/mol. The molecule has 1 heterocycles. The summed E-state index contributed by atoms with van der Waals surface area (Å²) >= 11 is 0. The molecule has 5 heteroatoms. The van der Waals surface area contributed by atoms with E-state index in [1.807, 2.05) is 0 Å². The van der Waals surface area contributed by atoms with Crippen molar-refractivity contribution in [2.75, 3.05) is 59.5 Å². The Hall–Kier alpha value is -0.650. The molecule has 0 aliphatic carbocycles. The Morgan fingerprint density at radius 1 is 1.18 bits per heavy atom. The van der Waals surface area contributed by atoms with Crippen LogP contribution in [0.2, 0.25) is 0 Å². The van der Waals surface area contributed by atoms with Crippen LogP contribution in [0.4, 0.5) is 0 Å². The van der Waals surface area contributed by atoms with E-state index in [4.69, 9.17) is 4.74 Å². The van der Waals surface area contributed by atoms with Gasteiger partial charge in [-0.15, -0.1) is 0 Å². The first-order chi connectivity index (χ1) is 8.22. The van der Waals surface area contributed by atoms with E-state index < -0.39 is 0 Å². The van der Waals surface area contributed by atoms with Crippen molar-refractivity contribution in [2.24, 2.45) is 0 Å². The topological polar surface area (TPSA) is 44.8 Å². The molecule has 0 unspecified atom stereocenters. The summed E-state index contributed by atoms with van der Waals surface area (Å²) in [6.07, 6.45) is 1.20. The van der Waals surface area contributed by atoms with Crippen LogP contribution in [0.5, 0.6) is 0 Å². The molecule has 1 saturated heterocycles. The third kappa shape index (κ3) is 6.61. The molecule has 100 valence electrons. The molecule has 0 bridgehead atoms. The number of nitrogens with one attached hydrogen (secondary N) is 1. The fourth-order valence-electron chi connectivity index (χ4n) is 2.08. The Morgan fingerprint density at radius 3 is 2.41 bits per heavy atom. The molecule has 0 aromatic rings. The maximum absolute atomic E-state index is 10.8. The molecular formula is C12H25N3O2. The SMILES string of the molecule is COCCN1CCCN(CCNC(C)=O)CC1. The number of amides is 1. The van der Waals surface area contributed by atoms with E-state index in [1.165, 1.54) is 6.42 Å². The number of hydrogen-bond acceptors (Lipinski definition) is 4. The Kier molecular flexibility index (Phi) is 7.16. The summed E-state index contributed by atoms with van der Waals surface area (Å²) in [5, 5.41) is 2.84. The number of carbonyl (C=O) groups is 1. The first-order valence-corrected chi connectivity index (χ1v) is 6.40. The lowest BCUT2D eigenvalue weighted by molar-refractivity contribution is -0.119. The highest BCUT2D eigenvalue weighted by Gasteiger charge is 2.13. The summed E-state index contributed by atoms with van der Waals surface area (Å²) in [4.78, 5) is 15.6. The molecule has 1 amide bonds. The molecule has 1 N–H and O–H groups in total. The minimum atomic E-state index is 0.0570. The van der Waals surface area contributed by atoms with E-state index in [2.05, 4.69) is 15.1 Å². The van der Waals surface area contributed by atoms with Gasteiger partial charge in [0.1, 0.15) is 0 Å². The second kappa shape index (κ2) is 8.44. The van der Waals surface area contributed by atoms with Gasteiger partial charge in [-0.05, 0) is 19.5 Å². The molecule has 17 heavy (non-hydrogen) atoms. The van der Waals surface area contributed by atoms with Crippen LogP contribution in [-0.4, -0.2) is 75.2 Å². The van der Waals surface area contributed by atoms with Gasteiger partial charge in [-0.25, -0.2) is 0 Å². The van der Waals surface area contributed by atoms with Crippen LogP contribution in [0, 0.1) is 0 Å². The summed E-state index contributed by atoms with van der Waals surface area (Å²) < 4.78 is 5.10. The number of methoxy groups -OCH3 is 1. The van der Waals surface area contributed by atoms with Crippen LogP contribution in [0.1, 0.15) is 13.3 Å². The van der Waals surface area contributed by atoms with Gasteiger partial charge >= 0.3 is 0 Å². The first-order valence-electron chi connectivity index (χ1n) is 6.40. The smallest absolute Gasteiger partial charge is 0.216 e. The first kappa shape index (κ1) is 14.4. The van der Waals surface area contributed by atoms with Crippen molar-refractivity contribution in [3.8, 4) is 0 Å². The lowest BCUT2D eigenvalue weighted by Gasteiger charge is -2.21. The highest BCUT2D eigenvalue weighted by atomic mass is 16.5. The number of rotatable bonds is 6. The van der Waals surface area contributed by atoms with Crippen molar-refractivity contribution in [1.29, 1.82) is 0 Å². The predicted octanol–water partition coefficient (Wildman–Crippen LogP) is -0.223. The van der Waals surface area contributed by atoms with Gasteiger partial charge in [-0.2, -0.15) is 0 Å². The number of nitrogens with zero attached hydrogens (tertiary/aromatic N) is 2. The summed E-state index contributed by atoms with van der Waals surface area (Å²) in [6, 6.07) is 0. The van der Waals surface area contributed by atoms with E-state index >= 15 is 0 Å². The molecule has 0 aromatic heterocycles. The molecule has 0 radical (unpaired) electrons. The molecule has 5 nitrogen and oxygen atoms in total. The van der Waals surface area contributed by atoms with Crippen molar-refractivity contribution < 1.29 is 9.53 Å². The Bertz CT molecular complexity index is 224. The summed E-state index contributed by atoms with van der Waals surface area (Å²) in [6.45, 7) is 9.58. The van der Waals surface area contributed by atoms with E-state index in [1.54, 1.807) is 14.0 Å². The predicted molar refractivity (Wildman–Crippen MR) is 68.1 cm³/mol. The zero-order chi connectivity index (χ0) is 12.5. The van der Waals surface area contributed by atoms with Gasteiger partial charge in [0.15, 0.2) is 0 Å². The normalized spacial score (nSPS) is 18.9. The minimum Gasteiger partial charge on any atom is -0.383 e. The number of carbonyl (C=O) groups excluding carboxylic acids is 1. The molecule has 1 aliphatic rings. The van der Waals surface area contributed by atoms with Gasteiger partial charge in [-0.1, -0.05) is 0 Å². The van der Waals surface area contributed by atoms with E-state index in [0.29, 0.717) is 0 Å². The maximum atomic E-state index is 10.8. The van der Waals surface area contributed by atoms with Crippen molar-refractivity contribution >= 4 is 5.91 Å². The van der Waals surface area contributed by atoms with Crippen molar-refractivity contribution in [2.45, 2.75) is 13.3 Å². The molecule has 1 aliphatic heterocycles. The van der Waals surface area contributed by atoms with Gasteiger partial charge in [0.25, 0.3) is 0 Å². The molecule has 1 rings (SSSR count). The Morgan fingerprint density at radius 2 is 1.82 bits per heavy atom. The average Bonchev–Trinajstić information content (AvgIpc) is 2.51. The third-order valence-electron chi connectivity index (χ3n) is 3.09. The van der Waals surface area contributed by atoms with Crippen LogP contribution in [-0.2, 0) is 9.53 Å². The highest BCUT2D eigenvalue weighted by Crippen LogP contribution is 2.02. The van der Waals surface area contributed by atoms with Gasteiger partial charge in [0.2, 0.25) is 5.91 Å². The second-order valence-electron chi connectivity index (χ2n) is 4.51. The molecule has 0 atom stereocenters. The second-order valence-corrected chi connectivity index (χ2v) is 4.51. The highest BCUT2D eigenvalue weighted by molar-refractivity contribution is 5.72. The molecule has 0 spiro atoms. The fourth-order valence-corrected chi connectivity index (χ4v) is 2.08. The Balaban J connectivity index is 2.15.